The van der Waals surface area contributed by atoms with E-state index in [0.717, 1.165) is 5.56 Å². The number of aliphatic carboxylic acids is 1. The predicted molar refractivity (Wildman–Crippen MR) is 98.0 cm³/mol. The summed E-state index contributed by atoms with van der Waals surface area (Å²) in [5.74, 6) is -0.482. The number of hydrogen-bond donors (Lipinski definition) is 0. The third-order valence-corrected chi connectivity index (χ3v) is 5.08. The molecular weight excluding hydrogens is 405 g/mol. The number of aromatic nitrogens is 3. The maximum atomic E-state index is 11.3. The van der Waals surface area contributed by atoms with Crippen LogP contribution in [-0.2, 0) is 17.8 Å². The van der Waals surface area contributed by atoms with Crippen molar-refractivity contribution in [1.29, 1.82) is 0 Å². The van der Waals surface area contributed by atoms with E-state index in [0.29, 0.717) is 17.1 Å². The number of rotatable bonds is 5. The van der Waals surface area contributed by atoms with Crippen molar-refractivity contribution < 1.29 is 39.5 Å². The third-order valence-electron chi connectivity index (χ3n) is 4.50. The van der Waals surface area contributed by atoms with Gasteiger partial charge < -0.3 is 14.5 Å². The summed E-state index contributed by atoms with van der Waals surface area (Å²) in [6, 6.07) is 12.4. The Bertz CT molecular complexity index is 953. The zero-order chi connectivity index (χ0) is 18.2. The molecule has 0 saturated carbocycles. The van der Waals surface area contributed by atoms with E-state index in [1.165, 1.54) is 16.3 Å². The Kier molecular flexibility index (Phi) is 6.66. The Labute approximate surface area is 183 Å². The van der Waals surface area contributed by atoms with E-state index in [-0.39, 0.29) is 36.0 Å². The summed E-state index contributed by atoms with van der Waals surface area (Å²) in [5, 5.41) is 21.9. The van der Waals surface area contributed by atoms with Crippen LogP contribution in [0.4, 0.5) is 0 Å². The Balaban J connectivity index is 0.00000243. The zero-order valence-corrected chi connectivity index (χ0v) is 19.0. The normalized spacial score (nSPS) is 11.4. The Hall–Kier alpha value is -1.21. The number of carbonyl (C=O) groups is 1. The summed E-state index contributed by atoms with van der Waals surface area (Å²) in [5.41, 5.74) is 1.34. The SMILES string of the molecule is Cc1ccc(Cn2c(Br)nnc2CC(C)(C)C(=O)[O-])c2ccccc12.[Na+]. The number of fused-ring (bicyclic) bond motifs is 1. The fourth-order valence-electron chi connectivity index (χ4n) is 2.89. The van der Waals surface area contributed by atoms with Gasteiger partial charge in [0.15, 0.2) is 4.73 Å². The van der Waals surface area contributed by atoms with Crippen molar-refractivity contribution in [2.45, 2.75) is 33.7 Å². The largest absolute Gasteiger partial charge is 1.00 e. The summed E-state index contributed by atoms with van der Waals surface area (Å²) < 4.78 is 2.49. The van der Waals surface area contributed by atoms with Gasteiger partial charge >= 0.3 is 29.6 Å². The second-order valence-corrected chi connectivity index (χ2v) is 7.62. The van der Waals surface area contributed by atoms with E-state index in [1.807, 2.05) is 16.7 Å². The molecule has 130 valence electrons. The van der Waals surface area contributed by atoms with Crippen LogP contribution in [0.25, 0.3) is 10.8 Å². The molecule has 0 fully saturated rings. The van der Waals surface area contributed by atoms with Gasteiger partial charge in [0.1, 0.15) is 5.82 Å². The van der Waals surface area contributed by atoms with Gasteiger partial charge in [-0.15, -0.1) is 10.2 Å². The summed E-state index contributed by atoms with van der Waals surface area (Å²) in [6.45, 7) is 5.93. The molecule has 0 aliphatic carbocycles. The van der Waals surface area contributed by atoms with Gasteiger partial charge in [-0.1, -0.05) is 50.2 Å². The minimum Gasteiger partial charge on any atom is -0.550 e. The molecule has 0 saturated heterocycles. The van der Waals surface area contributed by atoms with Crippen molar-refractivity contribution in [2.75, 3.05) is 0 Å². The molecule has 3 rings (SSSR count). The molecule has 0 aliphatic rings. The second kappa shape index (κ2) is 8.21. The number of carboxylic acid groups (broad SMARTS) is 1. The summed E-state index contributed by atoms with van der Waals surface area (Å²) >= 11 is 3.42. The van der Waals surface area contributed by atoms with Crippen LogP contribution < -0.4 is 34.7 Å². The van der Waals surface area contributed by atoms with Crippen molar-refractivity contribution >= 4 is 32.7 Å². The third kappa shape index (κ3) is 4.19. The predicted octanol–water partition coefficient (Wildman–Crippen LogP) is -0.127. The molecule has 26 heavy (non-hydrogen) atoms. The number of carbonyl (C=O) groups excluding carboxylic acids is 1. The maximum absolute atomic E-state index is 11.3. The first-order chi connectivity index (χ1) is 11.8. The molecule has 0 aliphatic heterocycles. The molecule has 5 nitrogen and oxygen atoms in total. The average molecular weight is 424 g/mol. The van der Waals surface area contributed by atoms with Crippen LogP contribution in [0, 0.1) is 12.3 Å². The first-order valence-corrected chi connectivity index (χ1v) is 8.85. The van der Waals surface area contributed by atoms with Gasteiger partial charge in [-0.05, 0) is 44.8 Å². The van der Waals surface area contributed by atoms with Gasteiger partial charge in [-0.3, -0.25) is 0 Å². The summed E-state index contributed by atoms with van der Waals surface area (Å²) in [7, 11) is 0. The van der Waals surface area contributed by atoms with Gasteiger partial charge in [-0.2, -0.15) is 0 Å². The molecule has 3 aromatic rings. The molecule has 1 aromatic heterocycles. The Morgan fingerprint density at radius 1 is 1.15 bits per heavy atom. The number of benzene rings is 2. The molecule has 1 heterocycles. The second-order valence-electron chi connectivity index (χ2n) is 6.91. The van der Waals surface area contributed by atoms with Crippen LogP contribution in [0.5, 0.6) is 0 Å². The topological polar surface area (TPSA) is 70.8 Å². The van der Waals surface area contributed by atoms with E-state index in [9.17, 15) is 9.90 Å². The van der Waals surface area contributed by atoms with E-state index >= 15 is 0 Å². The Morgan fingerprint density at radius 2 is 1.81 bits per heavy atom. The Morgan fingerprint density at radius 3 is 2.46 bits per heavy atom. The van der Waals surface area contributed by atoms with Crippen LogP contribution in [-0.4, -0.2) is 20.7 Å². The monoisotopic (exact) mass is 423 g/mol. The van der Waals surface area contributed by atoms with Crippen molar-refractivity contribution in [1.82, 2.24) is 14.8 Å². The number of nitrogens with zero attached hydrogens (tertiary/aromatic N) is 3. The van der Waals surface area contributed by atoms with Crippen molar-refractivity contribution in [2.24, 2.45) is 5.41 Å². The smallest absolute Gasteiger partial charge is 0.550 e. The maximum Gasteiger partial charge on any atom is 1.00 e. The van der Waals surface area contributed by atoms with E-state index in [4.69, 9.17) is 0 Å². The van der Waals surface area contributed by atoms with Crippen LogP contribution >= 0.6 is 15.9 Å². The quantitative estimate of drug-likeness (QED) is 0.536. The van der Waals surface area contributed by atoms with Crippen LogP contribution in [0.1, 0.15) is 30.8 Å². The van der Waals surface area contributed by atoms with Gasteiger partial charge in [0.2, 0.25) is 0 Å². The number of halogens is 1. The number of aryl methyl sites for hydroxylation is 1. The zero-order valence-electron chi connectivity index (χ0n) is 15.4. The first-order valence-electron chi connectivity index (χ1n) is 8.06. The molecule has 0 N–H and O–H groups in total. The van der Waals surface area contributed by atoms with Crippen molar-refractivity contribution in [3.8, 4) is 0 Å². The molecule has 2 aromatic carbocycles. The standard InChI is InChI=1S/C19H20BrN3O2.Na/c1-12-8-9-13(15-7-5-4-6-14(12)15)11-23-16(21-22-18(23)20)10-19(2,3)17(24)25;/h4-9H,10-11H2,1-3H3,(H,24,25);/q;+1/p-1. The van der Waals surface area contributed by atoms with E-state index in [2.05, 4.69) is 57.3 Å². The van der Waals surface area contributed by atoms with Gasteiger partial charge in [0.25, 0.3) is 0 Å². The molecule has 0 atom stereocenters. The van der Waals surface area contributed by atoms with E-state index < -0.39 is 11.4 Å². The van der Waals surface area contributed by atoms with E-state index in [1.54, 1.807) is 13.8 Å². The van der Waals surface area contributed by atoms with Gasteiger partial charge in [-0.25, -0.2) is 0 Å². The fraction of sp³-hybridized carbons (Fsp3) is 0.316. The summed E-state index contributed by atoms with van der Waals surface area (Å²) in [4.78, 5) is 11.3. The molecule has 0 spiro atoms. The summed E-state index contributed by atoms with van der Waals surface area (Å²) in [6.07, 6.45) is 0.248. The molecule has 0 radical (unpaired) electrons. The van der Waals surface area contributed by atoms with Crippen LogP contribution in [0.3, 0.4) is 0 Å². The fourth-order valence-corrected chi connectivity index (χ4v) is 3.30. The number of carboxylic acids is 1. The molecule has 0 unspecified atom stereocenters. The van der Waals surface area contributed by atoms with Gasteiger partial charge in [0.05, 0.1) is 6.54 Å². The molecular formula is C19H19BrN3NaO2. The first kappa shape index (κ1) is 21.1. The van der Waals surface area contributed by atoms with Crippen LogP contribution in [0.15, 0.2) is 41.1 Å². The van der Waals surface area contributed by atoms with Crippen molar-refractivity contribution in [3.05, 3.63) is 58.1 Å². The molecule has 0 bridgehead atoms. The minimum absolute atomic E-state index is 0. The molecule has 7 heteroatoms. The minimum atomic E-state index is -1.10. The number of hydrogen-bond acceptors (Lipinski definition) is 4. The molecule has 0 amide bonds. The van der Waals surface area contributed by atoms with Gasteiger partial charge in [0, 0.05) is 17.8 Å². The van der Waals surface area contributed by atoms with Crippen molar-refractivity contribution in [3.63, 3.8) is 0 Å². The van der Waals surface area contributed by atoms with Crippen LogP contribution in [0.2, 0.25) is 0 Å². The average Bonchev–Trinajstić information content (AvgIpc) is 2.90.